The summed E-state index contributed by atoms with van der Waals surface area (Å²) in [6.45, 7) is 3.08. The Bertz CT molecular complexity index is 1130. The molecular weight excluding hydrogens is 440 g/mol. The van der Waals surface area contributed by atoms with Gasteiger partial charge in [-0.2, -0.15) is 0 Å². The molecule has 33 heavy (non-hydrogen) atoms. The normalized spacial score (nSPS) is 10.6. The molecule has 0 saturated carbocycles. The average Bonchev–Trinajstić information content (AvgIpc) is 2.80. The van der Waals surface area contributed by atoms with E-state index in [1.54, 1.807) is 24.3 Å². The molecule has 3 aromatic rings. The highest BCUT2D eigenvalue weighted by atomic mass is 35.5. The van der Waals surface area contributed by atoms with Gasteiger partial charge in [0.25, 0.3) is 5.91 Å². The van der Waals surface area contributed by atoms with Crippen LogP contribution in [0.2, 0.25) is 5.02 Å². The fraction of sp³-hybridized carbons (Fsp3) is 0.231. The van der Waals surface area contributed by atoms with Gasteiger partial charge in [-0.15, -0.1) is 0 Å². The summed E-state index contributed by atoms with van der Waals surface area (Å²) in [4.78, 5) is 23.8. The van der Waals surface area contributed by atoms with E-state index in [2.05, 4.69) is 12.2 Å². The van der Waals surface area contributed by atoms with Crippen LogP contribution < -0.4 is 15.8 Å². The molecule has 0 bridgehead atoms. The summed E-state index contributed by atoms with van der Waals surface area (Å²) in [7, 11) is 0. The van der Waals surface area contributed by atoms with Crippen LogP contribution in [-0.4, -0.2) is 30.1 Å². The molecule has 7 heteroatoms. The van der Waals surface area contributed by atoms with Crippen molar-refractivity contribution in [1.29, 1.82) is 0 Å². The minimum atomic E-state index is -1.01. The lowest BCUT2D eigenvalue weighted by Gasteiger charge is -2.12. The van der Waals surface area contributed by atoms with E-state index in [-0.39, 0.29) is 11.5 Å². The molecule has 0 aliphatic rings. The fourth-order valence-electron chi connectivity index (χ4n) is 3.36. The molecule has 0 radical (unpaired) electrons. The van der Waals surface area contributed by atoms with Crippen molar-refractivity contribution in [3.63, 3.8) is 0 Å². The number of unbranched alkanes of at least 4 members (excludes halogenated alkanes) is 1. The number of nitrogens with two attached hydrogens (primary N) is 1. The van der Waals surface area contributed by atoms with E-state index in [4.69, 9.17) is 27.2 Å². The van der Waals surface area contributed by atoms with Gasteiger partial charge in [-0.3, -0.25) is 4.79 Å². The molecule has 0 aliphatic heterocycles. The lowest BCUT2D eigenvalue weighted by atomic mass is 10.00. The predicted molar refractivity (Wildman–Crippen MR) is 131 cm³/mol. The molecule has 6 nitrogen and oxygen atoms in total. The van der Waals surface area contributed by atoms with Crippen LogP contribution in [0.1, 0.15) is 46.0 Å². The number of halogens is 1. The molecule has 0 aromatic heterocycles. The Balaban J connectivity index is 1.60. The molecular formula is C26H27ClN2O4. The molecule has 0 aliphatic carbocycles. The Morgan fingerprint density at radius 3 is 2.48 bits per heavy atom. The standard InChI is InChI=1S/C26H27ClN2O4/c1-2-3-14-33-24-11-9-20(27)16-22(24)25(30)29-13-12-17-4-6-18(7-5-17)21-10-8-19(26(31)32)15-23(21)28/h4-11,15-16H,2-3,12-14,28H2,1H3,(H,29,30)(H,31,32). The zero-order chi connectivity index (χ0) is 23.8. The number of carboxylic acid groups (broad SMARTS) is 1. The number of nitrogen functional groups attached to an aromatic ring is 1. The van der Waals surface area contributed by atoms with Gasteiger partial charge >= 0.3 is 5.97 Å². The van der Waals surface area contributed by atoms with Crippen LogP contribution in [0.4, 0.5) is 5.69 Å². The summed E-state index contributed by atoms with van der Waals surface area (Å²) >= 11 is 6.08. The molecule has 4 N–H and O–H groups in total. The van der Waals surface area contributed by atoms with Crippen LogP contribution >= 0.6 is 11.6 Å². The van der Waals surface area contributed by atoms with Crippen molar-refractivity contribution in [3.05, 3.63) is 82.4 Å². The van der Waals surface area contributed by atoms with Gasteiger partial charge in [0.1, 0.15) is 5.75 Å². The van der Waals surface area contributed by atoms with Gasteiger partial charge in [0.05, 0.1) is 17.7 Å². The number of rotatable bonds is 10. The Morgan fingerprint density at radius 1 is 1.06 bits per heavy atom. The second kappa shape index (κ2) is 11.4. The number of anilines is 1. The summed E-state index contributed by atoms with van der Waals surface area (Å²) < 4.78 is 5.74. The highest BCUT2D eigenvalue weighted by Gasteiger charge is 2.13. The number of aromatic carboxylic acids is 1. The lowest BCUT2D eigenvalue weighted by molar-refractivity contribution is 0.0696. The van der Waals surface area contributed by atoms with Gasteiger partial charge in [-0.1, -0.05) is 55.3 Å². The Labute approximate surface area is 198 Å². The first kappa shape index (κ1) is 24.1. The maximum atomic E-state index is 12.7. The third-order valence-corrected chi connectivity index (χ3v) is 5.44. The number of carboxylic acids is 1. The number of benzene rings is 3. The van der Waals surface area contributed by atoms with Gasteiger partial charge in [0.2, 0.25) is 0 Å². The van der Waals surface area contributed by atoms with Gasteiger partial charge in [0.15, 0.2) is 0 Å². The minimum absolute atomic E-state index is 0.155. The number of carbonyl (C=O) groups is 2. The zero-order valence-electron chi connectivity index (χ0n) is 18.4. The largest absolute Gasteiger partial charge is 0.493 e. The van der Waals surface area contributed by atoms with Crippen LogP contribution in [0.25, 0.3) is 11.1 Å². The summed E-state index contributed by atoms with van der Waals surface area (Å²) in [6, 6.07) is 17.5. The van der Waals surface area contributed by atoms with Crippen molar-refractivity contribution in [3.8, 4) is 16.9 Å². The van der Waals surface area contributed by atoms with Gasteiger partial charge in [0, 0.05) is 22.8 Å². The minimum Gasteiger partial charge on any atom is -0.493 e. The first-order chi connectivity index (χ1) is 15.9. The molecule has 0 fully saturated rings. The van der Waals surface area contributed by atoms with E-state index in [1.165, 1.54) is 12.1 Å². The first-order valence-electron chi connectivity index (χ1n) is 10.8. The van der Waals surface area contributed by atoms with E-state index in [0.717, 1.165) is 29.5 Å². The van der Waals surface area contributed by atoms with E-state index in [0.29, 0.717) is 41.6 Å². The smallest absolute Gasteiger partial charge is 0.335 e. The summed E-state index contributed by atoms with van der Waals surface area (Å²) in [5, 5.41) is 12.5. The molecule has 0 saturated heterocycles. The zero-order valence-corrected chi connectivity index (χ0v) is 19.2. The van der Waals surface area contributed by atoms with Crippen LogP contribution in [0.15, 0.2) is 60.7 Å². The highest BCUT2D eigenvalue weighted by molar-refractivity contribution is 6.31. The Kier molecular flexibility index (Phi) is 8.33. The quantitative estimate of drug-likeness (QED) is 0.273. The monoisotopic (exact) mass is 466 g/mol. The molecule has 0 heterocycles. The van der Waals surface area contributed by atoms with Crippen molar-refractivity contribution in [2.75, 3.05) is 18.9 Å². The van der Waals surface area contributed by atoms with E-state index in [9.17, 15) is 9.59 Å². The predicted octanol–water partition coefficient (Wildman–Crippen LogP) is 5.44. The highest BCUT2D eigenvalue weighted by Crippen LogP contribution is 2.27. The maximum Gasteiger partial charge on any atom is 0.335 e. The average molecular weight is 467 g/mol. The second-order valence-corrected chi connectivity index (χ2v) is 8.09. The third-order valence-electron chi connectivity index (χ3n) is 5.20. The molecule has 0 spiro atoms. The van der Waals surface area contributed by atoms with Crippen LogP contribution in [0.3, 0.4) is 0 Å². The van der Waals surface area contributed by atoms with Gasteiger partial charge < -0.3 is 20.9 Å². The molecule has 0 atom stereocenters. The van der Waals surface area contributed by atoms with Crippen LogP contribution in [-0.2, 0) is 6.42 Å². The fourth-order valence-corrected chi connectivity index (χ4v) is 3.53. The SMILES string of the molecule is CCCCOc1ccc(Cl)cc1C(=O)NCCc1ccc(-c2ccc(C(=O)O)cc2N)cc1. The van der Waals surface area contributed by atoms with Crippen molar-refractivity contribution < 1.29 is 19.4 Å². The van der Waals surface area contributed by atoms with Crippen molar-refractivity contribution in [2.24, 2.45) is 0 Å². The number of hydrogen-bond acceptors (Lipinski definition) is 4. The lowest BCUT2D eigenvalue weighted by Crippen LogP contribution is -2.26. The molecule has 1 amide bonds. The number of ether oxygens (including phenoxy) is 1. The number of amides is 1. The summed E-state index contributed by atoms with van der Waals surface area (Å²) in [5.74, 6) is -0.712. The maximum absolute atomic E-state index is 12.7. The Hall–Kier alpha value is -3.51. The summed E-state index contributed by atoms with van der Waals surface area (Å²) in [6.07, 6.45) is 2.56. The van der Waals surface area contributed by atoms with Crippen LogP contribution in [0.5, 0.6) is 5.75 Å². The Morgan fingerprint density at radius 2 is 1.82 bits per heavy atom. The van der Waals surface area contributed by atoms with Gasteiger partial charge in [-0.25, -0.2) is 4.79 Å². The molecule has 3 aromatic carbocycles. The van der Waals surface area contributed by atoms with Crippen molar-refractivity contribution >= 4 is 29.2 Å². The van der Waals surface area contributed by atoms with Crippen molar-refractivity contribution in [1.82, 2.24) is 5.32 Å². The van der Waals surface area contributed by atoms with E-state index in [1.807, 2.05) is 24.3 Å². The third kappa shape index (κ3) is 6.49. The summed E-state index contributed by atoms with van der Waals surface area (Å²) in [5.41, 5.74) is 9.73. The van der Waals surface area contributed by atoms with Crippen molar-refractivity contribution in [2.45, 2.75) is 26.2 Å². The molecule has 172 valence electrons. The molecule has 3 rings (SSSR count). The van der Waals surface area contributed by atoms with Gasteiger partial charge in [-0.05, 0) is 54.3 Å². The first-order valence-corrected chi connectivity index (χ1v) is 11.2. The number of carbonyl (C=O) groups excluding carboxylic acids is 1. The second-order valence-electron chi connectivity index (χ2n) is 7.65. The number of hydrogen-bond donors (Lipinski definition) is 3. The topological polar surface area (TPSA) is 102 Å². The number of nitrogens with one attached hydrogen (secondary N) is 1. The van der Waals surface area contributed by atoms with Crippen LogP contribution in [0, 0.1) is 0 Å². The van der Waals surface area contributed by atoms with E-state index < -0.39 is 5.97 Å². The van der Waals surface area contributed by atoms with E-state index >= 15 is 0 Å². The molecule has 0 unspecified atom stereocenters.